The number of likely N-dealkylation sites (N-methyl/N-ethyl adjacent to an activating group) is 1. The first-order chi connectivity index (χ1) is 6.25. The lowest BCUT2D eigenvalue weighted by atomic mass is 9.95. The molecule has 0 spiro atoms. The third-order valence-electron chi connectivity index (χ3n) is 2.51. The van der Waals surface area contributed by atoms with Crippen LogP contribution in [0, 0.1) is 0 Å². The molecule has 1 heterocycles. The summed E-state index contributed by atoms with van der Waals surface area (Å²) < 4.78 is 0. The fourth-order valence-electron chi connectivity index (χ4n) is 1.45. The zero-order valence-electron chi connectivity index (χ0n) is 8.62. The lowest BCUT2D eigenvalue weighted by molar-refractivity contribution is 0.495. The molecule has 1 rings (SSSR count). The molecule has 1 aromatic heterocycles. The maximum absolute atomic E-state index is 4.01. The van der Waals surface area contributed by atoms with Crippen LogP contribution in [-0.4, -0.2) is 17.6 Å². The van der Waals surface area contributed by atoms with Crippen LogP contribution in [-0.2, 0) is 0 Å². The van der Waals surface area contributed by atoms with Gasteiger partial charge in [-0.1, -0.05) is 13.8 Å². The standard InChI is InChI=1S/C11H18N2/c1-4-13-10(3)9(2)11-5-7-12-8-6-11/h5-10,13H,4H2,1-3H3. The number of aromatic nitrogens is 1. The summed E-state index contributed by atoms with van der Waals surface area (Å²) in [6.45, 7) is 7.61. The molecule has 1 N–H and O–H groups in total. The predicted octanol–water partition coefficient (Wildman–Crippen LogP) is 2.18. The molecule has 0 aliphatic heterocycles. The van der Waals surface area contributed by atoms with Crippen molar-refractivity contribution in [2.75, 3.05) is 6.54 Å². The molecule has 0 fully saturated rings. The van der Waals surface area contributed by atoms with Crippen molar-refractivity contribution in [1.82, 2.24) is 10.3 Å². The van der Waals surface area contributed by atoms with Crippen LogP contribution < -0.4 is 5.32 Å². The molecule has 0 bridgehead atoms. The number of nitrogens with zero attached hydrogens (tertiary/aromatic N) is 1. The summed E-state index contributed by atoms with van der Waals surface area (Å²) in [5.74, 6) is 0.544. The summed E-state index contributed by atoms with van der Waals surface area (Å²) in [5, 5.41) is 3.42. The lowest BCUT2D eigenvalue weighted by Crippen LogP contribution is -2.30. The fourth-order valence-corrected chi connectivity index (χ4v) is 1.45. The molecule has 13 heavy (non-hydrogen) atoms. The van der Waals surface area contributed by atoms with Gasteiger partial charge in [0.1, 0.15) is 0 Å². The first kappa shape index (κ1) is 10.2. The molecular formula is C11H18N2. The van der Waals surface area contributed by atoms with E-state index in [1.54, 1.807) is 0 Å². The van der Waals surface area contributed by atoms with E-state index in [0.717, 1.165) is 6.54 Å². The molecule has 2 atom stereocenters. The second-order valence-electron chi connectivity index (χ2n) is 3.42. The van der Waals surface area contributed by atoms with Gasteiger partial charge in [-0.05, 0) is 37.1 Å². The summed E-state index contributed by atoms with van der Waals surface area (Å²) in [5.41, 5.74) is 1.35. The Kier molecular flexibility index (Phi) is 3.90. The van der Waals surface area contributed by atoms with Crippen molar-refractivity contribution in [3.05, 3.63) is 30.1 Å². The van der Waals surface area contributed by atoms with Gasteiger partial charge in [0, 0.05) is 18.4 Å². The Hall–Kier alpha value is -0.890. The summed E-state index contributed by atoms with van der Waals surface area (Å²) in [6.07, 6.45) is 3.70. The number of pyridine rings is 1. The van der Waals surface area contributed by atoms with Crippen LogP contribution in [0.25, 0.3) is 0 Å². The Morgan fingerprint density at radius 3 is 2.46 bits per heavy atom. The normalized spacial score (nSPS) is 15.3. The van der Waals surface area contributed by atoms with Crippen LogP contribution in [0.3, 0.4) is 0 Å². The Labute approximate surface area is 80.4 Å². The van der Waals surface area contributed by atoms with E-state index in [-0.39, 0.29) is 0 Å². The molecule has 0 saturated carbocycles. The molecular weight excluding hydrogens is 160 g/mol. The third kappa shape index (κ3) is 2.81. The smallest absolute Gasteiger partial charge is 0.0270 e. The topological polar surface area (TPSA) is 24.9 Å². The summed E-state index contributed by atoms with van der Waals surface area (Å²) in [4.78, 5) is 4.01. The van der Waals surface area contributed by atoms with Gasteiger partial charge in [0.15, 0.2) is 0 Å². The second-order valence-corrected chi connectivity index (χ2v) is 3.42. The van der Waals surface area contributed by atoms with E-state index < -0.39 is 0 Å². The van der Waals surface area contributed by atoms with Gasteiger partial charge in [0.2, 0.25) is 0 Å². The third-order valence-corrected chi connectivity index (χ3v) is 2.51. The zero-order valence-corrected chi connectivity index (χ0v) is 8.62. The Morgan fingerprint density at radius 2 is 1.92 bits per heavy atom. The second kappa shape index (κ2) is 4.97. The molecule has 2 unspecified atom stereocenters. The SMILES string of the molecule is CCNC(C)C(C)c1ccncc1. The molecule has 2 nitrogen and oxygen atoms in total. The largest absolute Gasteiger partial charge is 0.314 e. The molecule has 0 aliphatic carbocycles. The Morgan fingerprint density at radius 1 is 1.31 bits per heavy atom. The quantitative estimate of drug-likeness (QED) is 0.764. The van der Waals surface area contributed by atoms with Gasteiger partial charge in [-0.3, -0.25) is 4.98 Å². The van der Waals surface area contributed by atoms with Crippen LogP contribution in [0.4, 0.5) is 0 Å². The average molecular weight is 178 g/mol. The summed E-state index contributed by atoms with van der Waals surface area (Å²) in [7, 11) is 0. The van der Waals surface area contributed by atoms with Gasteiger partial charge in [0.25, 0.3) is 0 Å². The van der Waals surface area contributed by atoms with Crippen LogP contribution in [0.1, 0.15) is 32.3 Å². The van der Waals surface area contributed by atoms with E-state index in [9.17, 15) is 0 Å². The van der Waals surface area contributed by atoms with E-state index in [2.05, 4.69) is 43.2 Å². The highest BCUT2D eigenvalue weighted by atomic mass is 14.9. The number of hydrogen-bond donors (Lipinski definition) is 1. The molecule has 0 amide bonds. The minimum Gasteiger partial charge on any atom is -0.314 e. The van der Waals surface area contributed by atoms with Crippen molar-refractivity contribution in [1.29, 1.82) is 0 Å². The fraction of sp³-hybridized carbons (Fsp3) is 0.545. The lowest BCUT2D eigenvalue weighted by Gasteiger charge is -2.20. The molecule has 0 aliphatic rings. The van der Waals surface area contributed by atoms with Gasteiger partial charge < -0.3 is 5.32 Å². The molecule has 2 heteroatoms. The zero-order chi connectivity index (χ0) is 9.68. The monoisotopic (exact) mass is 178 g/mol. The van der Waals surface area contributed by atoms with Crippen molar-refractivity contribution in [3.63, 3.8) is 0 Å². The predicted molar refractivity (Wildman–Crippen MR) is 55.8 cm³/mol. The van der Waals surface area contributed by atoms with Crippen molar-refractivity contribution in [3.8, 4) is 0 Å². The van der Waals surface area contributed by atoms with Gasteiger partial charge in [-0.2, -0.15) is 0 Å². The maximum Gasteiger partial charge on any atom is 0.0270 e. The molecule has 1 aromatic rings. The van der Waals surface area contributed by atoms with Crippen LogP contribution in [0.15, 0.2) is 24.5 Å². The maximum atomic E-state index is 4.01. The van der Waals surface area contributed by atoms with Crippen LogP contribution in [0.5, 0.6) is 0 Å². The van der Waals surface area contributed by atoms with Crippen LogP contribution in [0.2, 0.25) is 0 Å². The average Bonchev–Trinajstić information content (AvgIpc) is 2.18. The van der Waals surface area contributed by atoms with Gasteiger partial charge >= 0.3 is 0 Å². The summed E-state index contributed by atoms with van der Waals surface area (Å²) in [6, 6.07) is 4.68. The van der Waals surface area contributed by atoms with Crippen molar-refractivity contribution in [2.24, 2.45) is 0 Å². The minimum atomic E-state index is 0.521. The highest BCUT2D eigenvalue weighted by Crippen LogP contribution is 2.17. The van der Waals surface area contributed by atoms with E-state index in [1.807, 2.05) is 12.4 Å². The van der Waals surface area contributed by atoms with Crippen molar-refractivity contribution < 1.29 is 0 Å². The highest BCUT2D eigenvalue weighted by Gasteiger charge is 2.12. The number of rotatable bonds is 4. The number of nitrogens with one attached hydrogen (secondary N) is 1. The Balaban J connectivity index is 2.62. The summed E-state index contributed by atoms with van der Waals surface area (Å²) >= 11 is 0. The minimum absolute atomic E-state index is 0.521. The van der Waals surface area contributed by atoms with E-state index >= 15 is 0 Å². The van der Waals surface area contributed by atoms with Gasteiger partial charge in [-0.25, -0.2) is 0 Å². The molecule has 0 aromatic carbocycles. The van der Waals surface area contributed by atoms with Crippen LogP contribution >= 0.6 is 0 Å². The first-order valence-corrected chi connectivity index (χ1v) is 4.89. The van der Waals surface area contributed by atoms with Crippen molar-refractivity contribution in [2.45, 2.75) is 32.7 Å². The van der Waals surface area contributed by atoms with E-state index in [4.69, 9.17) is 0 Å². The van der Waals surface area contributed by atoms with Gasteiger partial charge in [0.05, 0.1) is 0 Å². The van der Waals surface area contributed by atoms with Gasteiger partial charge in [-0.15, -0.1) is 0 Å². The number of hydrogen-bond acceptors (Lipinski definition) is 2. The molecule has 72 valence electrons. The van der Waals surface area contributed by atoms with E-state index in [1.165, 1.54) is 5.56 Å². The van der Waals surface area contributed by atoms with E-state index in [0.29, 0.717) is 12.0 Å². The highest BCUT2D eigenvalue weighted by molar-refractivity contribution is 5.16. The molecule has 0 saturated heterocycles. The first-order valence-electron chi connectivity index (χ1n) is 4.89. The van der Waals surface area contributed by atoms with Crippen molar-refractivity contribution >= 4 is 0 Å². The molecule has 0 radical (unpaired) electrons. The Bertz CT molecular complexity index is 233.